The van der Waals surface area contributed by atoms with Gasteiger partial charge >= 0.3 is 5.97 Å². The van der Waals surface area contributed by atoms with Crippen LogP contribution in [0.4, 0.5) is 0 Å². The Morgan fingerprint density at radius 1 is 1.56 bits per heavy atom. The lowest BCUT2D eigenvalue weighted by Gasteiger charge is -2.35. The van der Waals surface area contributed by atoms with E-state index >= 15 is 0 Å². The number of carbonyl (C=O) groups is 1. The maximum absolute atomic E-state index is 11.1. The molecule has 1 aromatic heterocycles. The van der Waals surface area contributed by atoms with Crippen molar-refractivity contribution in [2.45, 2.75) is 19.1 Å². The van der Waals surface area contributed by atoms with Gasteiger partial charge in [-0.1, -0.05) is 0 Å². The van der Waals surface area contributed by atoms with Gasteiger partial charge in [0.1, 0.15) is 17.5 Å². The van der Waals surface area contributed by atoms with Crippen LogP contribution in [0.1, 0.15) is 17.4 Å². The standard InChI is InChI=1S/C11H14N2O3/c1-7-10(6-12-7)16-8-3-4-9(13-5-8)11(14)15-2/h3-5,7,10,12H,6H2,1-2H3/t7-,10+/m1/s1. The maximum atomic E-state index is 11.1. The van der Waals surface area contributed by atoms with E-state index in [4.69, 9.17) is 4.74 Å². The highest BCUT2D eigenvalue weighted by molar-refractivity contribution is 5.87. The number of nitrogens with zero attached hydrogens (tertiary/aromatic N) is 1. The normalized spacial score (nSPS) is 23.4. The lowest BCUT2D eigenvalue weighted by Crippen LogP contribution is -2.58. The molecule has 1 aromatic rings. The summed E-state index contributed by atoms with van der Waals surface area (Å²) in [7, 11) is 1.33. The summed E-state index contributed by atoms with van der Waals surface area (Å²) < 4.78 is 10.2. The molecule has 0 bridgehead atoms. The molecular weight excluding hydrogens is 208 g/mol. The Labute approximate surface area is 93.8 Å². The largest absolute Gasteiger partial charge is 0.486 e. The molecule has 0 unspecified atom stereocenters. The highest BCUT2D eigenvalue weighted by atomic mass is 16.5. The van der Waals surface area contributed by atoms with Gasteiger partial charge < -0.3 is 14.8 Å². The number of hydrogen-bond donors (Lipinski definition) is 1. The molecule has 2 rings (SSSR count). The third kappa shape index (κ3) is 2.14. The molecule has 5 nitrogen and oxygen atoms in total. The molecule has 0 aromatic carbocycles. The van der Waals surface area contributed by atoms with E-state index < -0.39 is 5.97 Å². The molecule has 1 aliphatic rings. The number of esters is 1. The van der Waals surface area contributed by atoms with Crippen LogP contribution in [0.3, 0.4) is 0 Å². The van der Waals surface area contributed by atoms with Crippen LogP contribution < -0.4 is 10.1 Å². The summed E-state index contributed by atoms with van der Waals surface area (Å²) >= 11 is 0. The van der Waals surface area contributed by atoms with Gasteiger partial charge in [-0.2, -0.15) is 0 Å². The average Bonchev–Trinajstić information content (AvgIpc) is 2.34. The van der Waals surface area contributed by atoms with Crippen LogP contribution in [-0.2, 0) is 4.74 Å². The van der Waals surface area contributed by atoms with Crippen LogP contribution >= 0.6 is 0 Å². The van der Waals surface area contributed by atoms with Crippen molar-refractivity contribution in [1.29, 1.82) is 0 Å². The Morgan fingerprint density at radius 3 is 2.81 bits per heavy atom. The number of rotatable bonds is 3. The fourth-order valence-electron chi connectivity index (χ4n) is 1.44. The zero-order valence-electron chi connectivity index (χ0n) is 9.27. The molecule has 1 fully saturated rings. The van der Waals surface area contributed by atoms with Gasteiger partial charge in [0.15, 0.2) is 0 Å². The second kappa shape index (κ2) is 4.49. The molecule has 2 heterocycles. The number of aromatic nitrogens is 1. The summed E-state index contributed by atoms with van der Waals surface area (Å²) in [5.41, 5.74) is 0.287. The van der Waals surface area contributed by atoms with Crippen molar-refractivity contribution < 1.29 is 14.3 Å². The lowest BCUT2D eigenvalue weighted by molar-refractivity contribution is 0.0593. The third-order valence-electron chi connectivity index (χ3n) is 2.62. The summed E-state index contributed by atoms with van der Waals surface area (Å²) in [4.78, 5) is 15.1. The quantitative estimate of drug-likeness (QED) is 0.759. The molecule has 0 aliphatic carbocycles. The number of hydrogen-bond acceptors (Lipinski definition) is 5. The van der Waals surface area contributed by atoms with Crippen molar-refractivity contribution in [2.24, 2.45) is 0 Å². The van der Waals surface area contributed by atoms with E-state index in [1.54, 1.807) is 12.1 Å². The van der Waals surface area contributed by atoms with Gasteiger partial charge in [0.25, 0.3) is 0 Å². The van der Waals surface area contributed by atoms with Crippen molar-refractivity contribution in [3.05, 3.63) is 24.0 Å². The zero-order valence-corrected chi connectivity index (χ0v) is 9.27. The fraction of sp³-hybridized carbons (Fsp3) is 0.455. The van der Waals surface area contributed by atoms with Gasteiger partial charge in [-0.05, 0) is 19.1 Å². The number of carbonyl (C=O) groups excluding carboxylic acids is 1. The van der Waals surface area contributed by atoms with Gasteiger partial charge in [0.05, 0.1) is 13.3 Å². The number of pyridine rings is 1. The average molecular weight is 222 g/mol. The van der Waals surface area contributed by atoms with Crippen molar-refractivity contribution in [3.63, 3.8) is 0 Å². The second-order valence-corrected chi connectivity index (χ2v) is 3.72. The van der Waals surface area contributed by atoms with Crippen LogP contribution in [0.25, 0.3) is 0 Å². The first kappa shape index (κ1) is 10.9. The van der Waals surface area contributed by atoms with E-state index in [9.17, 15) is 4.79 Å². The summed E-state index contributed by atoms with van der Waals surface area (Å²) in [6, 6.07) is 3.68. The van der Waals surface area contributed by atoms with Crippen LogP contribution in [0.15, 0.2) is 18.3 Å². The first-order valence-electron chi connectivity index (χ1n) is 5.15. The molecule has 1 aliphatic heterocycles. The predicted molar refractivity (Wildman–Crippen MR) is 57.5 cm³/mol. The van der Waals surface area contributed by atoms with Crippen molar-refractivity contribution in [3.8, 4) is 5.75 Å². The number of nitrogens with one attached hydrogen (secondary N) is 1. The third-order valence-corrected chi connectivity index (χ3v) is 2.62. The van der Waals surface area contributed by atoms with Crippen LogP contribution in [-0.4, -0.2) is 36.8 Å². The summed E-state index contributed by atoms with van der Waals surface area (Å²) in [5, 5.41) is 3.20. The van der Waals surface area contributed by atoms with E-state index in [1.807, 2.05) is 0 Å². The van der Waals surface area contributed by atoms with E-state index in [2.05, 4.69) is 22.0 Å². The van der Waals surface area contributed by atoms with Crippen molar-refractivity contribution in [2.75, 3.05) is 13.7 Å². The first-order chi connectivity index (χ1) is 7.70. The van der Waals surface area contributed by atoms with Crippen LogP contribution in [0.5, 0.6) is 5.75 Å². The van der Waals surface area contributed by atoms with Crippen LogP contribution in [0, 0.1) is 0 Å². The van der Waals surface area contributed by atoms with Crippen molar-refractivity contribution >= 4 is 5.97 Å². The Hall–Kier alpha value is -1.62. The van der Waals surface area contributed by atoms with Gasteiger partial charge in [-0.15, -0.1) is 0 Å². The smallest absolute Gasteiger partial charge is 0.356 e. The number of ether oxygens (including phenoxy) is 2. The van der Waals surface area contributed by atoms with Crippen LogP contribution in [0.2, 0.25) is 0 Å². The minimum Gasteiger partial charge on any atom is -0.486 e. The van der Waals surface area contributed by atoms with Gasteiger partial charge in [0.2, 0.25) is 0 Å². The minimum atomic E-state index is -0.440. The second-order valence-electron chi connectivity index (χ2n) is 3.72. The maximum Gasteiger partial charge on any atom is 0.356 e. The molecule has 0 amide bonds. The molecule has 1 N–H and O–H groups in total. The lowest BCUT2D eigenvalue weighted by atomic mass is 10.1. The molecule has 1 saturated heterocycles. The number of methoxy groups -OCH3 is 1. The van der Waals surface area contributed by atoms with Crippen molar-refractivity contribution in [1.82, 2.24) is 10.3 Å². The molecular formula is C11H14N2O3. The van der Waals surface area contributed by atoms with E-state index in [-0.39, 0.29) is 11.8 Å². The van der Waals surface area contributed by atoms with E-state index in [1.165, 1.54) is 13.3 Å². The highest BCUT2D eigenvalue weighted by Crippen LogP contribution is 2.16. The topological polar surface area (TPSA) is 60.5 Å². The van der Waals surface area contributed by atoms with E-state index in [0.717, 1.165) is 6.54 Å². The zero-order chi connectivity index (χ0) is 11.5. The molecule has 0 radical (unpaired) electrons. The molecule has 5 heteroatoms. The first-order valence-corrected chi connectivity index (χ1v) is 5.15. The molecule has 86 valence electrons. The molecule has 2 atom stereocenters. The predicted octanol–water partition coefficient (Wildman–Crippen LogP) is 0.607. The monoisotopic (exact) mass is 222 g/mol. The minimum absolute atomic E-state index is 0.186. The molecule has 0 saturated carbocycles. The summed E-state index contributed by atoms with van der Waals surface area (Å²) in [6.07, 6.45) is 1.72. The van der Waals surface area contributed by atoms with Gasteiger partial charge in [-0.3, -0.25) is 0 Å². The summed E-state index contributed by atoms with van der Waals surface area (Å²) in [5.74, 6) is 0.233. The summed E-state index contributed by atoms with van der Waals surface area (Å²) in [6.45, 7) is 2.91. The highest BCUT2D eigenvalue weighted by Gasteiger charge is 2.27. The Bertz CT molecular complexity index is 377. The van der Waals surface area contributed by atoms with E-state index in [0.29, 0.717) is 11.8 Å². The molecule has 16 heavy (non-hydrogen) atoms. The Morgan fingerprint density at radius 2 is 2.38 bits per heavy atom. The van der Waals surface area contributed by atoms with Gasteiger partial charge in [0, 0.05) is 12.6 Å². The Balaban J connectivity index is 1.99. The van der Waals surface area contributed by atoms with Gasteiger partial charge in [-0.25, -0.2) is 9.78 Å². The fourth-order valence-corrected chi connectivity index (χ4v) is 1.44. The Kier molecular flexibility index (Phi) is 3.05. The molecule has 0 spiro atoms. The SMILES string of the molecule is COC(=O)c1ccc(O[C@H]2CN[C@@H]2C)cn1.